The lowest BCUT2D eigenvalue weighted by atomic mass is 10.0. The van der Waals surface area contributed by atoms with Gasteiger partial charge in [-0.15, -0.1) is 0 Å². The first-order valence-corrected chi connectivity index (χ1v) is 15.7. The molecule has 38 heavy (non-hydrogen) atoms. The molecule has 0 aliphatic carbocycles. The molecule has 11 nitrogen and oxygen atoms in total. The number of hydrogen-bond acceptors (Lipinski definition) is 8. The number of nitrogens with zero attached hydrogens (tertiary/aromatic N) is 3. The third kappa shape index (κ3) is 6.04. The lowest BCUT2D eigenvalue weighted by molar-refractivity contribution is -0.143. The number of carbonyl (C=O) groups excluding carboxylic acids is 2. The molecule has 2 N–H and O–H groups in total. The Kier molecular flexibility index (Phi) is 8.18. The van der Waals surface area contributed by atoms with Gasteiger partial charge in [-0.05, 0) is 68.1 Å². The number of piperidine rings is 1. The number of nitrogens with two attached hydrogens (primary N) is 1. The van der Waals surface area contributed by atoms with Crippen LogP contribution in [0.25, 0.3) is 10.2 Å². The van der Waals surface area contributed by atoms with Gasteiger partial charge in [0.05, 0.1) is 26.6 Å². The molecule has 0 radical (unpaired) electrons. The Hall–Kier alpha value is -2.91. The SMILES string of the molecule is CCOC(=O)Cn1c(=NC(=O)c2ccc(S(=O)(=O)N3CCC[C@H](C)C3)cc2)sc2cc(S(N)(=O)=O)ccc21. The molecule has 1 aliphatic rings. The zero-order valence-electron chi connectivity index (χ0n) is 20.9. The van der Waals surface area contributed by atoms with E-state index in [1.807, 2.05) is 6.92 Å². The number of aromatic nitrogens is 1. The van der Waals surface area contributed by atoms with E-state index in [0.29, 0.717) is 23.3 Å². The summed E-state index contributed by atoms with van der Waals surface area (Å²) >= 11 is 1.01. The number of amides is 1. The van der Waals surface area contributed by atoms with Crippen LogP contribution in [0.1, 0.15) is 37.0 Å². The number of primary sulfonamides is 1. The second kappa shape index (κ2) is 11.1. The third-order valence-corrected chi connectivity index (χ3v) is 9.96. The van der Waals surface area contributed by atoms with Crippen LogP contribution in [0.4, 0.5) is 0 Å². The smallest absolute Gasteiger partial charge is 0.326 e. The summed E-state index contributed by atoms with van der Waals surface area (Å²) in [6.07, 6.45) is 1.79. The summed E-state index contributed by atoms with van der Waals surface area (Å²) in [4.78, 5) is 29.5. The van der Waals surface area contributed by atoms with E-state index in [2.05, 4.69) is 4.99 Å². The second-order valence-electron chi connectivity index (χ2n) is 9.00. The standard InChI is InChI=1S/C24H28N4O7S3/c1-3-35-22(29)15-28-20-11-10-19(37(25,31)32)13-21(20)36-24(28)26-23(30)17-6-8-18(9-7-17)38(33,34)27-12-4-5-16(2)14-27/h6-11,13,16H,3-5,12,14-15H2,1-2H3,(H2,25,31,32)/t16-/m0/s1. The normalized spacial score (nSPS) is 17.6. The molecule has 0 spiro atoms. The van der Waals surface area contributed by atoms with Crippen LogP contribution in [0.2, 0.25) is 0 Å². The molecule has 2 aromatic carbocycles. The lowest BCUT2D eigenvalue weighted by Gasteiger charge is -2.30. The third-order valence-electron chi connectivity index (χ3n) is 6.13. The molecule has 0 unspecified atom stereocenters. The quantitative estimate of drug-likeness (QED) is 0.419. The van der Waals surface area contributed by atoms with Crippen molar-refractivity contribution in [2.24, 2.45) is 16.0 Å². The molecule has 14 heteroatoms. The summed E-state index contributed by atoms with van der Waals surface area (Å²) in [6.45, 7) is 4.51. The average molecular weight is 581 g/mol. The number of thiazole rings is 1. The van der Waals surface area contributed by atoms with Gasteiger partial charge in [-0.2, -0.15) is 9.30 Å². The van der Waals surface area contributed by atoms with E-state index in [1.165, 1.54) is 51.3 Å². The van der Waals surface area contributed by atoms with Crippen molar-refractivity contribution in [1.29, 1.82) is 0 Å². The average Bonchev–Trinajstić information content (AvgIpc) is 3.19. The van der Waals surface area contributed by atoms with Crippen LogP contribution in [-0.2, 0) is 36.1 Å². The van der Waals surface area contributed by atoms with Crippen LogP contribution in [0.3, 0.4) is 0 Å². The Balaban J connectivity index is 1.69. The predicted octanol–water partition coefficient (Wildman–Crippen LogP) is 2.07. The van der Waals surface area contributed by atoms with Crippen LogP contribution < -0.4 is 9.94 Å². The first kappa shape index (κ1) is 28.1. The lowest BCUT2D eigenvalue weighted by Crippen LogP contribution is -2.39. The van der Waals surface area contributed by atoms with Crippen molar-refractivity contribution < 1.29 is 31.2 Å². The minimum absolute atomic E-state index is 0.0953. The summed E-state index contributed by atoms with van der Waals surface area (Å²) in [5.74, 6) is -0.934. The number of hydrogen-bond donors (Lipinski definition) is 1. The van der Waals surface area contributed by atoms with Gasteiger partial charge in [-0.25, -0.2) is 22.0 Å². The van der Waals surface area contributed by atoms with Crippen LogP contribution in [0.5, 0.6) is 0 Å². The maximum atomic E-state index is 13.0. The predicted molar refractivity (Wildman–Crippen MR) is 141 cm³/mol. The topological polar surface area (TPSA) is 158 Å². The molecule has 1 saturated heterocycles. The maximum absolute atomic E-state index is 13.0. The van der Waals surface area contributed by atoms with Crippen LogP contribution >= 0.6 is 11.3 Å². The van der Waals surface area contributed by atoms with Crippen molar-refractivity contribution in [3.05, 3.63) is 52.8 Å². The molecule has 3 aromatic rings. The van der Waals surface area contributed by atoms with Crippen molar-refractivity contribution in [2.45, 2.75) is 43.0 Å². The maximum Gasteiger partial charge on any atom is 0.326 e. The molecule has 1 aromatic heterocycles. The van der Waals surface area contributed by atoms with Gasteiger partial charge >= 0.3 is 5.97 Å². The highest BCUT2D eigenvalue weighted by Gasteiger charge is 2.28. The van der Waals surface area contributed by atoms with Gasteiger partial charge in [-0.1, -0.05) is 18.3 Å². The van der Waals surface area contributed by atoms with E-state index < -0.39 is 31.9 Å². The molecule has 2 heterocycles. The van der Waals surface area contributed by atoms with E-state index in [-0.39, 0.29) is 39.2 Å². The summed E-state index contributed by atoms with van der Waals surface area (Å²) in [5.41, 5.74) is 0.625. The molecule has 204 valence electrons. The number of ether oxygens (including phenoxy) is 1. The molecule has 1 amide bonds. The number of carbonyl (C=O) groups is 2. The fourth-order valence-corrected chi connectivity index (χ4v) is 7.52. The molecule has 1 atom stereocenters. The molecule has 1 aliphatic heterocycles. The van der Waals surface area contributed by atoms with Gasteiger partial charge < -0.3 is 9.30 Å². The van der Waals surface area contributed by atoms with Gasteiger partial charge in [-0.3, -0.25) is 9.59 Å². The highest BCUT2D eigenvalue weighted by atomic mass is 32.2. The van der Waals surface area contributed by atoms with E-state index in [4.69, 9.17) is 9.88 Å². The van der Waals surface area contributed by atoms with E-state index in [9.17, 15) is 26.4 Å². The second-order valence-corrected chi connectivity index (χ2v) is 13.5. The Morgan fingerprint density at radius 2 is 1.79 bits per heavy atom. The molecular weight excluding hydrogens is 552 g/mol. The van der Waals surface area contributed by atoms with Crippen LogP contribution in [-0.4, -0.2) is 57.3 Å². The van der Waals surface area contributed by atoms with Gasteiger partial charge in [0, 0.05) is 18.7 Å². The van der Waals surface area contributed by atoms with Gasteiger partial charge in [0.2, 0.25) is 20.0 Å². The molecule has 4 rings (SSSR count). The molecular formula is C24H28N4O7S3. The number of benzene rings is 2. The zero-order valence-corrected chi connectivity index (χ0v) is 23.3. The van der Waals surface area contributed by atoms with E-state index in [0.717, 1.165) is 24.2 Å². The fraction of sp³-hybridized carbons (Fsp3) is 0.375. The number of rotatable bonds is 7. The van der Waals surface area contributed by atoms with E-state index >= 15 is 0 Å². The Labute approximate surface area is 224 Å². The van der Waals surface area contributed by atoms with E-state index in [1.54, 1.807) is 6.92 Å². The van der Waals surface area contributed by atoms with Gasteiger partial charge in [0.25, 0.3) is 5.91 Å². The minimum Gasteiger partial charge on any atom is -0.465 e. The highest BCUT2D eigenvalue weighted by molar-refractivity contribution is 7.89. The Morgan fingerprint density at radius 1 is 1.11 bits per heavy atom. The van der Waals surface area contributed by atoms with Gasteiger partial charge in [0.1, 0.15) is 6.54 Å². The molecule has 1 fully saturated rings. The highest BCUT2D eigenvalue weighted by Crippen LogP contribution is 2.24. The Bertz CT molecular complexity index is 1660. The van der Waals surface area contributed by atoms with Crippen LogP contribution in [0.15, 0.2) is 57.2 Å². The first-order valence-electron chi connectivity index (χ1n) is 11.9. The summed E-state index contributed by atoms with van der Waals surface area (Å²) in [5, 5.41) is 5.24. The van der Waals surface area contributed by atoms with Crippen LogP contribution in [0, 0.1) is 5.92 Å². The van der Waals surface area contributed by atoms with Gasteiger partial charge in [0.15, 0.2) is 4.80 Å². The molecule has 0 saturated carbocycles. The molecule has 0 bridgehead atoms. The minimum atomic E-state index is -3.97. The van der Waals surface area contributed by atoms with Crippen molar-refractivity contribution >= 4 is 53.5 Å². The number of sulfonamides is 2. The largest absolute Gasteiger partial charge is 0.465 e. The first-order chi connectivity index (χ1) is 17.9. The number of fused-ring (bicyclic) bond motifs is 1. The fourth-order valence-electron chi connectivity index (χ4n) is 4.24. The number of esters is 1. The van der Waals surface area contributed by atoms with Crippen molar-refractivity contribution in [3.8, 4) is 0 Å². The summed E-state index contributed by atoms with van der Waals surface area (Å²) in [6, 6.07) is 9.69. The Morgan fingerprint density at radius 3 is 2.42 bits per heavy atom. The zero-order chi connectivity index (χ0) is 27.7. The monoisotopic (exact) mass is 580 g/mol. The summed E-state index contributed by atoms with van der Waals surface area (Å²) < 4.78 is 58.0. The van der Waals surface area contributed by atoms with Crippen molar-refractivity contribution in [3.63, 3.8) is 0 Å². The van der Waals surface area contributed by atoms with Crippen molar-refractivity contribution in [1.82, 2.24) is 8.87 Å². The summed E-state index contributed by atoms with van der Waals surface area (Å²) in [7, 11) is -7.64. The van der Waals surface area contributed by atoms with Crippen molar-refractivity contribution in [2.75, 3.05) is 19.7 Å².